The van der Waals surface area contributed by atoms with Crippen LogP contribution in [0.5, 0.6) is 0 Å². The quantitative estimate of drug-likeness (QED) is 0.865. The normalized spacial score (nSPS) is 12.6. The van der Waals surface area contributed by atoms with Crippen LogP contribution in [0.2, 0.25) is 0 Å². The highest BCUT2D eigenvalue weighted by molar-refractivity contribution is 9.10. The van der Waals surface area contributed by atoms with E-state index in [4.69, 9.17) is 0 Å². The molecule has 1 aromatic carbocycles. The summed E-state index contributed by atoms with van der Waals surface area (Å²) in [6.45, 7) is 5.25. The Kier molecular flexibility index (Phi) is 4.37. The summed E-state index contributed by atoms with van der Waals surface area (Å²) in [6.07, 6.45) is 0. The van der Waals surface area contributed by atoms with Crippen molar-refractivity contribution in [3.63, 3.8) is 0 Å². The second kappa shape index (κ2) is 5.80. The lowest BCUT2D eigenvalue weighted by Crippen LogP contribution is -2.17. The van der Waals surface area contributed by atoms with Crippen LogP contribution in [0.1, 0.15) is 29.0 Å². The van der Waals surface area contributed by atoms with Crippen molar-refractivity contribution >= 4 is 27.3 Å². The number of hydrogen-bond donors (Lipinski definition) is 1. The van der Waals surface area contributed by atoms with Crippen LogP contribution in [0.4, 0.5) is 0 Å². The van der Waals surface area contributed by atoms with Crippen molar-refractivity contribution in [1.29, 1.82) is 0 Å². The number of rotatable bonds is 4. The third-order valence-electron chi connectivity index (χ3n) is 2.80. The molecule has 0 aliphatic rings. The van der Waals surface area contributed by atoms with E-state index in [9.17, 15) is 0 Å². The number of hydrogen-bond acceptors (Lipinski definition) is 2. The molecule has 0 aliphatic heterocycles. The summed E-state index contributed by atoms with van der Waals surface area (Å²) in [5.41, 5.74) is 2.66. The molecule has 1 unspecified atom stereocenters. The van der Waals surface area contributed by atoms with E-state index < -0.39 is 0 Å². The third-order valence-corrected chi connectivity index (χ3v) is 4.73. The predicted octanol–water partition coefficient (Wildman–Crippen LogP) is 4.67. The Hall–Kier alpha value is -0.640. The molecule has 3 heteroatoms. The molecule has 90 valence electrons. The van der Waals surface area contributed by atoms with Crippen molar-refractivity contribution in [2.75, 3.05) is 0 Å². The first-order valence-corrected chi connectivity index (χ1v) is 7.36. The summed E-state index contributed by atoms with van der Waals surface area (Å²) in [5.74, 6) is 0. The summed E-state index contributed by atoms with van der Waals surface area (Å²) in [7, 11) is 0. The molecule has 1 nitrogen and oxygen atoms in total. The van der Waals surface area contributed by atoms with E-state index in [0.717, 1.165) is 6.54 Å². The average Bonchev–Trinajstić information content (AvgIpc) is 2.72. The van der Waals surface area contributed by atoms with Gasteiger partial charge in [-0.3, -0.25) is 0 Å². The molecule has 0 aliphatic carbocycles. The number of halogens is 1. The highest BCUT2D eigenvalue weighted by Gasteiger charge is 2.06. The lowest BCUT2D eigenvalue weighted by molar-refractivity contribution is 0.578. The smallest absolute Gasteiger partial charge is 0.0327 e. The first kappa shape index (κ1) is 12.8. The van der Waals surface area contributed by atoms with Gasteiger partial charge in [0.25, 0.3) is 0 Å². The molecule has 0 amide bonds. The summed E-state index contributed by atoms with van der Waals surface area (Å²) < 4.78 is 1.20. The van der Waals surface area contributed by atoms with Gasteiger partial charge in [0.1, 0.15) is 0 Å². The molecule has 2 rings (SSSR count). The van der Waals surface area contributed by atoms with Gasteiger partial charge in [-0.05, 0) is 46.8 Å². The van der Waals surface area contributed by atoms with Crippen LogP contribution in [0.3, 0.4) is 0 Å². The van der Waals surface area contributed by atoms with Crippen LogP contribution in [-0.2, 0) is 6.54 Å². The highest BCUT2D eigenvalue weighted by atomic mass is 79.9. The number of aryl methyl sites for hydroxylation is 1. The predicted molar refractivity (Wildman–Crippen MR) is 78.5 cm³/mol. The Morgan fingerprint density at radius 2 is 2.18 bits per heavy atom. The molecule has 0 saturated carbocycles. The van der Waals surface area contributed by atoms with Crippen molar-refractivity contribution in [2.24, 2.45) is 0 Å². The molecule has 1 N–H and O–H groups in total. The van der Waals surface area contributed by atoms with E-state index in [-0.39, 0.29) is 0 Å². The molecule has 0 saturated heterocycles. The fourth-order valence-corrected chi connectivity index (χ4v) is 3.20. The standard InChI is InChI=1S/C14H16BrNS/c1-10-4-3-5-12(8-10)11(2)16-9-14-13(15)6-7-17-14/h3-8,11,16H,9H2,1-2H3. The lowest BCUT2D eigenvalue weighted by Gasteiger charge is -2.14. The van der Waals surface area contributed by atoms with E-state index in [1.165, 1.54) is 20.5 Å². The monoisotopic (exact) mass is 309 g/mol. The number of thiophene rings is 1. The Morgan fingerprint density at radius 1 is 1.35 bits per heavy atom. The fourth-order valence-electron chi connectivity index (χ4n) is 1.75. The van der Waals surface area contributed by atoms with Gasteiger partial charge < -0.3 is 5.32 Å². The molecule has 2 aromatic rings. The number of benzene rings is 1. The first-order valence-electron chi connectivity index (χ1n) is 5.68. The molecule has 1 heterocycles. The minimum absolute atomic E-state index is 0.379. The van der Waals surface area contributed by atoms with Gasteiger partial charge in [-0.1, -0.05) is 29.8 Å². The van der Waals surface area contributed by atoms with Crippen molar-refractivity contribution in [2.45, 2.75) is 26.4 Å². The zero-order chi connectivity index (χ0) is 12.3. The highest BCUT2D eigenvalue weighted by Crippen LogP contribution is 2.23. The van der Waals surface area contributed by atoms with Gasteiger partial charge in [0.2, 0.25) is 0 Å². The first-order chi connectivity index (χ1) is 8.16. The van der Waals surface area contributed by atoms with Gasteiger partial charge in [0, 0.05) is 21.9 Å². The van der Waals surface area contributed by atoms with E-state index in [0.29, 0.717) is 6.04 Å². The average molecular weight is 310 g/mol. The van der Waals surface area contributed by atoms with Crippen molar-refractivity contribution in [3.05, 3.63) is 56.2 Å². The molecule has 0 spiro atoms. The van der Waals surface area contributed by atoms with Crippen LogP contribution >= 0.6 is 27.3 Å². The van der Waals surface area contributed by atoms with Gasteiger partial charge in [0.05, 0.1) is 0 Å². The SMILES string of the molecule is Cc1cccc(C(C)NCc2sccc2Br)c1. The molecule has 17 heavy (non-hydrogen) atoms. The van der Waals surface area contributed by atoms with Crippen molar-refractivity contribution in [1.82, 2.24) is 5.32 Å². The van der Waals surface area contributed by atoms with Gasteiger partial charge >= 0.3 is 0 Å². The summed E-state index contributed by atoms with van der Waals surface area (Å²) in [6, 6.07) is 11.1. The number of nitrogens with one attached hydrogen (secondary N) is 1. The summed E-state index contributed by atoms with van der Waals surface area (Å²) in [5, 5.41) is 5.66. The second-order valence-electron chi connectivity index (χ2n) is 4.21. The van der Waals surface area contributed by atoms with E-state index in [2.05, 4.69) is 70.8 Å². The van der Waals surface area contributed by atoms with Crippen LogP contribution in [0.25, 0.3) is 0 Å². The molecule has 0 fully saturated rings. The van der Waals surface area contributed by atoms with E-state index >= 15 is 0 Å². The maximum Gasteiger partial charge on any atom is 0.0327 e. The maximum absolute atomic E-state index is 3.55. The van der Waals surface area contributed by atoms with Crippen molar-refractivity contribution < 1.29 is 0 Å². The molecule has 0 radical (unpaired) electrons. The third kappa shape index (κ3) is 3.41. The Bertz CT molecular complexity index is 492. The van der Waals surface area contributed by atoms with Crippen LogP contribution in [0.15, 0.2) is 40.2 Å². The molecule has 1 aromatic heterocycles. The Balaban J connectivity index is 1.98. The van der Waals surface area contributed by atoms with Crippen LogP contribution in [-0.4, -0.2) is 0 Å². The van der Waals surface area contributed by atoms with Gasteiger partial charge in [-0.2, -0.15) is 0 Å². The Labute approximate surface area is 115 Å². The van der Waals surface area contributed by atoms with Gasteiger partial charge in [0.15, 0.2) is 0 Å². The molecular weight excluding hydrogens is 294 g/mol. The maximum atomic E-state index is 3.55. The zero-order valence-corrected chi connectivity index (χ0v) is 12.4. The van der Waals surface area contributed by atoms with Gasteiger partial charge in [-0.25, -0.2) is 0 Å². The summed E-state index contributed by atoms with van der Waals surface area (Å²) in [4.78, 5) is 1.35. The molecular formula is C14H16BrNS. The second-order valence-corrected chi connectivity index (χ2v) is 6.06. The fraction of sp³-hybridized carbons (Fsp3) is 0.286. The van der Waals surface area contributed by atoms with Crippen LogP contribution in [0, 0.1) is 6.92 Å². The topological polar surface area (TPSA) is 12.0 Å². The molecule has 0 bridgehead atoms. The minimum atomic E-state index is 0.379. The molecule has 1 atom stereocenters. The van der Waals surface area contributed by atoms with E-state index in [1.54, 1.807) is 11.3 Å². The zero-order valence-electron chi connectivity index (χ0n) is 10.0. The van der Waals surface area contributed by atoms with Crippen LogP contribution < -0.4 is 5.32 Å². The van der Waals surface area contributed by atoms with E-state index in [1.807, 2.05) is 0 Å². The van der Waals surface area contributed by atoms with Crippen molar-refractivity contribution in [3.8, 4) is 0 Å². The Morgan fingerprint density at radius 3 is 2.82 bits per heavy atom. The summed E-state index contributed by atoms with van der Waals surface area (Å²) >= 11 is 5.34. The van der Waals surface area contributed by atoms with Gasteiger partial charge in [-0.15, -0.1) is 11.3 Å². The lowest BCUT2D eigenvalue weighted by atomic mass is 10.1. The largest absolute Gasteiger partial charge is 0.305 e. The minimum Gasteiger partial charge on any atom is -0.305 e.